The van der Waals surface area contributed by atoms with Crippen molar-refractivity contribution < 1.29 is 40.9 Å². The van der Waals surface area contributed by atoms with E-state index < -0.39 is 54.7 Å². The Morgan fingerprint density at radius 1 is 0.628 bits per heavy atom. The third-order valence-electron chi connectivity index (χ3n) is 5.98. The number of ether oxygens (including phenoxy) is 1. The lowest BCUT2D eigenvalue weighted by Crippen LogP contribution is -2.05. The van der Waals surface area contributed by atoms with Crippen LogP contribution in [0.2, 0.25) is 10.0 Å². The van der Waals surface area contributed by atoms with E-state index in [0.717, 1.165) is 36.4 Å². The molecule has 0 unspecified atom stereocenters. The van der Waals surface area contributed by atoms with Gasteiger partial charge in [0.1, 0.15) is 11.5 Å². The number of halogens is 8. The zero-order valence-corrected chi connectivity index (χ0v) is 23.9. The van der Waals surface area contributed by atoms with Crippen LogP contribution in [0.3, 0.4) is 0 Å². The van der Waals surface area contributed by atoms with Gasteiger partial charge in [0.2, 0.25) is 0 Å². The quantitative estimate of drug-likeness (QED) is 0.0914. The van der Waals surface area contributed by atoms with Crippen molar-refractivity contribution in [2.24, 2.45) is 0 Å². The predicted octanol–water partition coefficient (Wildman–Crippen LogP) is 10.6. The van der Waals surface area contributed by atoms with Crippen molar-refractivity contribution in [3.05, 3.63) is 102 Å². The van der Waals surface area contributed by atoms with Gasteiger partial charge in [0.25, 0.3) is 11.4 Å². The molecule has 43 heavy (non-hydrogen) atoms. The second-order valence-corrected chi connectivity index (χ2v) is 10.3. The summed E-state index contributed by atoms with van der Waals surface area (Å²) in [4.78, 5) is 20.9. The van der Waals surface area contributed by atoms with Gasteiger partial charge in [0, 0.05) is 44.4 Å². The van der Waals surface area contributed by atoms with E-state index in [4.69, 9.17) is 27.9 Å². The number of alkyl halides is 6. The molecule has 4 rings (SSSR count). The second-order valence-electron chi connectivity index (χ2n) is 8.61. The molecule has 0 N–H and O–H groups in total. The summed E-state index contributed by atoms with van der Waals surface area (Å²) < 4.78 is 85.5. The molecular formula is C26H12Cl2F6N2O5S2. The van der Waals surface area contributed by atoms with Crippen LogP contribution >= 0.6 is 48.5 Å². The third-order valence-corrected chi connectivity index (χ3v) is 7.51. The minimum Gasteiger partial charge on any atom is -0.456 e. The van der Waals surface area contributed by atoms with Gasteiger partial charge in [-0.15, -0.1) is 25.3 Å². The highest BCUT2D eigenvalue weighted by molar-refractivity contribution is 7.80. The fraction of sp³-hybridized carbons (Fsp3) is 0.0769. The first-order valence-corrected chi connectivity index (χ1v) is 13.0. The Morgan fingerprint density at radius 3 is 1.26 bits per heavy atom. The van der Waals surface area contributed by atoms with E-state index in [1.54, 1.807) is 0 Å². The molecule has 0 aliphatic rings. The molecule has 7 nitrogen and oxygen atoms in total. The van der Waals surface area contributed by atoms with Gasteiger partial charge < -0.3 is 4.74 Å². The van der Waals surface area contributed by atoms with E-state index in [1.165, 1.54) is 0 Å². The molecule has 0 aromatic heterocycles. The Balaban J connectivity index is 1.98. The molecule has 224 valence electrons. The van der Waals surface area contributed by atoms with Crippen LogP contribution in [0.5, 0.6) is 11.5 Å². The summed E-state index contributed by atoms with van der Waals surface area (Å²) in [6.07, 6.45) is -9.52. The van der Waals surface area contributed by atoms with E-state index in [1.807, 2.05) is 0 Å². The average molecular weight is 681 g/mol. The van der Waals surface area contributed by atoms with Gasteiger partial charge in [0.05, 0.1) is 30.8 Å². The van der Waals surface area contributed by atoms with Crippen LogP contribution < -0.4 is 4.74 Å². The summed E-state index contributed by atoms with van der Waals surface area (Å²) in [5, 5.41) is 22.3. The van der Waals surface area contributed by atoms with Gasteiger partial charge >= 0.3 is 12.4 Å². The molecule has 0 fully saturated rings. The normalized spacial score (nSPS) is 11.9. The predicted molar refractivity (Wildman–Crippen MR) is 152 cm³/mol. The minimum absolute atomic E-state index is 0.152. The van der Waals surface area contributed by atoms with Crippen molar-refractivity contribution in [3.63, 3.8) is 0 Å². The lowest BCUT2D eigenvalue weighted by Gasteiger charge is -2.19. The largest absolute Gasteiger partial charge is 0.456 e. The summed E-state index contributed by atoms with van der Waals surface area (Å²) >= 11 is 20.8. The van der Waals surface area contributed by atoms with Gasteiger partial charge in [-0.05, 0) is 36.4 Å². The summed E-state index contributed by atoms with van der Waals surface area (Å²) in [7, 11) is 0. The number of hydrogen-bond acceptors (Lipinski definition) is 7. The Morgan fingerprint density at radius 2 is 0.977 bits per heavy atom. The molecule has 0 spiro atoms. The lowest BCUT2D eigenvalue weighted by molar-refractivity contribution is -0.387. The highest BCUT2D eigenvalue weighted by atomic mass is 35.5. The first kappa shape index (κ1) is 32.3. The number of rotatable bonds is 6. The topological polar surface area (TPSA) is 95.5 Å². The number of nitro groups is 2. The Kier molecular flexibility index (Phi) is 8.84. The lowest BCUT2D eigenvalue weighted by atomic mass is 10.00. The molecule has 0 heterocycles. The van der Waals surface area contributed by atoms with E-state index >= 15 is 0 Å². The fourth-order valence-corrected chi connectivity index (χ4v) is 5.34. The van der Waals surface area contributed by atoms with E-state index in [2.05, 4.69) is 25.3 Å². The monoisotopic (exact) mass is 680 g/mol. The van der Waals surface area contributed by atoms with Crippen molar-refractivity contribution in [1.29, 1.82) is 0 Å². The molecule has 4 aromatic rings. The molecule has 0 atom stereocenters. The summed E-state index contributed by atoms with van der Waals surface area (Å²) in [6.45, 7) is 0. The van der Waals surface area contributed by atoms with Crippen LogP contribution in [0.15, 0.2) is 70.5 Å². The first-order valence-electron chi connectivity index (χ1n) is 11.3. The molecule has 0 aliphatic heterocycles. The van der Waals surface area contributed by atoms with Gasteiger partial charge in [-0.3, -0.25) is 20.2 Å². The summed E-state index contributed by atoms with van der Waals surface area (Å²) in [6, 6.07) is 8.58. The van der Waals surface area contributed by atoms with Crippen LogP contribution in [0.4, 0.5) is 37.7 Å². The molecule has 17 heteroatoms. The van der Waals surface area contributed by atoms with E-state index in [9.17, 15) is 46.6 Å². The highest BCUT2D eigenvalue weighted by Crippen LogP contribution is 2.50. The van der Waals surface area contributed by atoms with Crippen LogP contribution in [-0.2, 0) is 12.4 Å². The van der Waals surface area contributed by atoms with Crippen LogP contribution in [0, 0.1) is 20.2 Å². The number of thiol groups is 2. The Bertz CT molecular complexity index is 1670. The van der Waals surface area contributed by atoms with Gasteiger partial charge in [-0.2, -0.15) is 26.3 Å². The molecule has 0 amide bonds. The van der Waals surface area contributed by atoms with Crippen LogP contribution in [0.25, 0.3) is 22.3 Å². The summed E-state index contributed by atoms with van der Waals surface area (Å²) in [5.74, 6) is -0.522. The number of benzene rings is 4. The number of hydrogen-bond donors (Lipinski definition) is 2. The number of nitrogens with zero attached hydrogens (tertiary/aromatic N) is 2. The van der Waals surface area contributed by atoms with Gasteiger partial charge in [0.15, 0.2) is 0 Å². The third kappa shape index (κ3) is 6.49. The molecule has 0 aliphatic carbocycles. The molecule has 4 aromatic carbocycles. The van der Waals surface area contributed by atoms with E-state index in [0.29, 0.717) is 24.3 Å². The van der Waals surface area contributed by atoms with Crippen molar-refractivity contribution in [2.45, 2.75) is 22.1 Å². The van der Waals surface area contributed by atoms with Crippen LogP contribution in [0.1, 0.15) is 11.1 Å². The molecule has 0 saturated carbocycles. The van der Waals surface area contributed by atoms with Gasteiger partial charge in [-0.25, -0.2) is 0 Å². The minimum atomic E-state index is -4.76. The zero-order chi connectivity index (χ0) is 32.0. The zero-order valence-electron chi connectivity index (χ0n) is 20.6. The number of nitro benzene ring substituents is 2. The molecule has 0 saturated heterocycles. The maximum Gasteiger partial charge on any atom is 0.416 e. The maximum atomic E-state index is 13.3. The molecule has 0 radical (unpaired) electrons. The van der Waals surface area contributed by atoms with Gasteiger partial charge in [-0.1, -0.05) is 35.3 Å². The molecule has 0 bridgehead atoms. The van der Waals surface area contributed by atoms with Crippen molar-refractivity contribution in [2.75, 3.05) is 0 Å². The Hall–Kier alpha value is -3.66. The maximum absolute atomic E-state index is 13.3. The standard InChI is InChI=1S/C26H12Cl2F6N2O5S2/c27-15-9-11(25(29,30)31)1-3-13(15)21-19(7-5-17(23(21)42)35(37)38)41-20-8-6-18(36(39)40)24(43)22(20)14-4-2-12(10-16(14)28)26(32,33)34/h1-10,42-43H. The Labute approximate surface area is 258 Å². The highest BCUT2D eigenvalue weighted by Gasteiger charge is 2.33. The second kappa shape index (κ2) is 11.8. The first-order chi connectivity index (χ1) is 19.9. The molecular weight excluding hydrogens is 669 g/mol. The smallest absolute Gasteiger partial charge is 0.416 e. The summed E-state index contributed by atoms with van der Waals surface area (Å²) in [5.41, 5.74) is -4.09. The van der Waals surface area contributed by atoms with Crippen molar-refractivity contribution in [3.8, 4) is 33.8 Å². The average Bonchev–Trinajstić information content (AvgIpc) is 2.88. The fourth-order valence-electron chi connectivity index (χ4n) is 4.02. The SMILES string of the molecule is O=[N+]([O-])c1ccc(Oc2ccc([N+](=O)[O-])c(S)c2-c2ccc(C(F)(F)F)cc2Cl)c(-c2ccc(C(F)(F)F)cc2Cl)c1S. The van der Waals surface area contributed by atoms with Crippen LogP contribution in [-0.4, -0.2) is 9.85 Å². The van der Waals surface area contributed by atoms with Crippen molar-refractivity contribution >= 4 is 59.8 Å². The van der Waals surface area contributed by atoms with Crippen molar-refractivity contribution in [1.82, 2.24) is 0 Å². The van der Waals surface area contributed by atoms with E-state index in [-0.39, 0.29) is 43.5 Å².